The summed E-state index contributed by atoms with van der Waals surface area (Å²) in [5.74, 6) is 1.89. The molecule has 0 unspecified atom stereocenters. The van der Waals surface area contributed by atoms with Crippen LogP contribution in [0, 0.1) is 0 Å². The predicted molar refractivity (Wildman–Crippen MR) is 148 cm³/mol. The molecule has 36 heavy (non-hydrogen) atoms. The number of rotatable bonds is 6. The van der Waals surface area contributed by atoms with Crippen molar-refractivity contribution in [3.63, 3.8) is 0 Å². The van der Waals surface area contributed by atoms with Gasteiger partial charge in [-0.25, -0.2) is 9.97 Å². The van der Waals surface area contributed by atoms with Crippen molar-refractivity contribution in [2.75, 3.05) is 38.2 Å². The van der Waals surface area contributed by atoms with Gasteiger partial charge in [0.15, 0.2) is 0 Å². The van der Waals surface area contributed by atoms with Gasteiger partial charge in [-0.2, -0.15) is 0 Å². The van der Waals surface area contributed by atoms with Crippen molar-refractivity contribution in [2.45, 2.75) is 6.04 Å². The maximum atomic E-state index is 5.35. The highest BCUT2D eigenvalue weighted by Gasteiger charge is 2.28. The summed E-state index contributed by atoms with van der Waals surface area (Å²) in [5, 5.41) is 3.34. The number of methoxy groups -OCH3 is 1. The lowest BCUT2D eigenvalue weighted by Crippen LogP contribution is -2.48. The van der Waals surface area contributed by atoms with Crippen LogP contribution in [0.5, 0.6) is 5.75 Å². The van der Waals surface area contributed by atoms with Crippen LogP contribution >= 0.6 is 11.3 Å². The summed E-state index contributed by atoms with van der Waals surface area (Å²) in [6.45, 7) is 3.75. The van der Waals surface area contributed by atoms with Crippen molar-refractivity contribution < 1.29 is 4.74 Å². The Bertz CT molecular complexity index is 1390. The van der Waals surface area contributed by atoms with Gasteiger partial charge in [0, 0.05) is 37.1 Å². The van der Waals surface area contributed by atoms with Crippen molar-refractivity contribution >= 4 is 27.4 Å². The molecule has 6 rings (SSSR count). The molecule has 0 saturated carbocycles. The van der Waals surface area contributed by atoms with E-state index in [1.165, 1.54) is 16.7 Å². The van der Waals surface area contributed by atoms with E-state index in [2.05, 4.69) is 93.0 Å². The number of hydrogen-bond acceptors (Lipinski definition) is 6. The Hall–Kier alpha value is -3.74. The SMILES string of the molecule is COc1ccc(-c2csc3ncnc(N4CCN(C(c5ccccc5)c5ccccc5)CC4)c23)cc1. The lowest BCUT2D eigenvalue weighted by molar-refractivity contribution is 0.212. The van der Waals surface area contributed by atoms with Gasteiger partial charge in [0.25, 0.3) is 0 Å². The number of fused-ring (bicyclic) bond motifs is 1. The van der Waals surface area contributed by atoms with E-state index in [4.69, 9.17) is 9.72 Å². The first-order chi connectivity index (χ1) is 17.8. The molecular weight excluding hydrogens is 464 g/mol. The molecule has 0 aliphatic carbocycles. The maximum absolute atomic E-state index is 5.35. The molecule has 0 radical (unpaired) electrons. The first-order valence-corrected chi connectivity index (χ1v) is 13.2. The molecule has 3 aromatic carbocycles. The normalized spacial score (nSPS) is 14.4. The number of anilines is 1. The second kappa shape index (κ2) is 10.1. The molecule has 0 bridgehead atoms. The molecule has 0 spiro atoms. The molecule has 2 aromatic heterocycles. The molecule has 0 atom stereocenters. The molecule has 5 nitrogen and oxygen atoms in total. The van der Waals surface area contributed by atoms with Crippen LogP contribution in [-0.4, -0.2) is 48.2 Å². The number of benzene rings is 3. The fraction of sp³-hybridized carbons (Fsp3) is 0.200. The Morgan fingerprint density at radius 2 is 1.42 bits per heavy atom. The van der Waals surface area contributed by atoms with E-state index in [0.29, 0.717) is 0 Å². The summed E-state index contributed by atoms with van der Waals surface area (Å²) in [6.07, 6.45) is 1.70. The van der Waals surface area contributed by atoms with Crippen molar-refractivity contribution in [3.05, 3.63) is 108 Å². The van der Waals surface area contributed by atoms with Gasteiger partial charge >= 0.3 is 0 Å². The van der Waals surface area contributed by atoms with Crippen LogP contribution in [0.15, 0.2) is 96.6 Å². The fourth-order valence-corrected chi connectivity index (χ4v) is 6.07. The standard InChI is InChI=1S/C30H28N4OS/c1-35-25-14-12-22(13-15-25)26-20-36-30-27(26)29(31-21-32-30)34-18-16-33(17-19-34)28(23-8-4-2-5-9-23)24-10-6-3-7-11-24/h2-15,20-21,28H,16-19H2,1H3. The minimum atomic E-state index is 0.246. The number of piperazine rings is 1. The van der Waals surface area contributed by atoms with Crippen molar-refractivity contribution in [3.8, 4) is 16.9 Å². The Morgan fingerprint density at radius 3 is 2.03 bits per heavy atom. The van der Waals surface area contributed by atoms with E-state index >= 15 is 0 Å². The molecular formula is C30H28N4OS. The minimum Gasteiger partial charge on any atom is -0.497 e. The summed E-state index contributed by atoms with van der Waals surface area (Å²) in [7, 11) is 1.70. The van der Waals surface area contributed by atoms with Gasteiger partial charge < -0.3 is 9.64 Å². The molecule has 3 heterocycles. The third-order valence-electron chi connectivity index (χ3n) is 6.96. The van der Waals surface area contributed by atoms with Gasteiger partial charge in [0.05, 0.1) is 18.5 Å². The Balaban J connectivity index is 1.29. The molecule has 1 fully saturated rings. The second-order valence-corrected chi connectivity index (χ2v) is 9.86. The highest BCUT2D eigenvalue weighted by molar-refractivity contribution is 7.17. The predicted octanol–water partition coefficient (Wildman–Crippen LogP) is 6.28. The zero-order chi connectivity index (χ0) is 24.3. The van der Waals surface area contributed by atoms with Crippen LogP contribution in [0.2, 0.25) is 0 Å². The average molecular weight is 493 g/mol. The number of hydrogen-bond donors (Lipinski definition) is 0. The molecule has 5 aromatic rings. The van der Waals surface area contributed by atoms with Crippen LogP contribution < -0.4 is 9.64 Å². The summed E-state index contributed by atoms with van der Waals surface area (Å²) in [5.41, 5.74) is 5.01. The smallest absolute Gasteiger partial charge is 0.141 e. The van der Waals surface area contributed by atoms with Gasteiger partial charge in [-0.3, -0.25) is 4.90 Å². The van der Waals surface area contributed by atoms with Crippen LogP contribution in [-0.2, 0) is 0 Å². The maximum Gasteiger partial charge on any atom is 0.141 e. The summed E-state index contributed by atoms with van der Waals surface area (Å²) in [6, 6.07) is 30.2. The third-order valence-corrected chi connectivity index (χ3v) is 7.85. The lowest BCUT2D eigenvalue weighted by Gasteiger charge is -2.40. The Morgan fingerprint density at radius 1 is 0.778 bits per heavy atom. The molecule has 1 aliphatic heterocycles. The molecule has 1 aliphatic rings. The summed E-state index contributed by atoms with van der Waals surface area (Å²) < 4.78 is 5.35. The Kier molecular flexibility index (Phi) is 6.36. The monoisotopic (exact) mass is 492 g/mol. The van der Waals surface area contributed by atoms with Crippen molar-refractivity contribution in [1.82, 2.24) is 14.9 Å². The molecule has 180 valence electrons. The lowest BCUT2D eigenvalue weighted by atomic mass is 9.96. The fourth-order valence-electron chi connectivity index (χ4n) is 5.16. The topological polar surface area (TPSA) is 41.5 Å². The number of ether oxygens (including phenoxy) is 1. The van der Waals surface area contributed by atoms with Gasteiger partial charge in [-0.05, 0) is 28.8 Å². The van der Waals surface area contributed by atoms with E-state index in [-0.39, 0.29) is 6.04 Å². The largest absolute Gasteiger partial charge is 0.497 e. The van der Waals surface area contributed by atoms with Crippen molar-refractivity contribution in [1.29, 1.82) is 0 Å². The van der Waals surface area contributed by atoms with E-state index in [0.717, 1.165) is 53.5 Å². The first kappa shape index (κ1) is 22.7. The third kappa shape index (κ3) is 4.34. The van der Waals surface area contributed by atoms with E-state index in [9.17, 15) is 0 Å². The molecule has 0 N–H and O–H groups in total. The van der Waals surface area contributed by atoms with Gasteiger partial charge in [0.1, 0.15) is 22.7 Å². The quantitative estimate of drug-likeness (QED) is 0.279. The highest BCUT2D eigenvalue weighted by atomic mass is 32.1. The van der Waals surface area contributed by atoms with Gasteiger partial charge in [-0.1, -0.05) is 72.8 Å². The van der Waals surface area contributed by atoms with Crippen LogP contribution in [0.25, 0.3) is 21.3 Å². The zero-order valence-electron chi connectivity index (χ0n) is 20.2. The van der Waals surface area contributed by atoms with E-state index in [1.54, 1.807) is 24.8 Å². The molecule has 0 amide bonds. The second-order valence-electron chi connectivity index (χ2n) is 9.00. The minimum absolute atomic E-state index is 0.246. The van der Waals surface area contributed by atoms with Crippen LogP contribution in [0.4, 0.5) is 5.82 Å². The van der Waals surface area contributed by atoms with E-state index < -0.39 is 0 Å². The van der Waals surface area contributed by atoms with Gasteiger partial charge in [-0.15, -0.1) is 11.3 Å². The molecule has 6 heteroatoms. The molecule has 1 saturated heterocycles. The highest BCUT2D eigenvalue weighted by Crippen LogP contribution is 2.39. The number of thiophene rings is 1. The number of nitrogens with zero attached hydrogens (tertiary/aromatic N) is 4. The van der Waals surface area contributed by atoms with Crippen LogP contribution in [0.3, 0.4) is 0 Å². The Labute approximate surface area is 215 Å². The van der Waals surface area contributed by atoms with Gasteiger partial charge in [0.2, 0.25) is 0 Å². The number of aromatic nitrogens is 2. The van der Waals surface area contributed by atoms with E-state index in [1.807, 2.05) is 12.1 Å². The van der Waals surface area contributed by atoms with Crippen LogP contribution in [0.1, 0.15) is 17.2 Å². The van der Waals surface area contributed by atoms with Crippen molar-refractivity contribution in [2.24, 2.45) is 0 Å². The first-order valence-electron chi connectivity index (χ1n) is 12.3. The zero-order valence-corrected chi connectivity index (χ0v) is 21.1. The summed E-state index contributed by atoms with van der Waals surface area (Å²) >= 11 is 1.68. The summed E-state index contributed by atoms with van der Waals surface area (Å²) in [4.78, 5) is 15.4. The average Bonchev–Trinajstić information content (AvgIpc) is 3.39.